The van der Waals surface area contributed by atoms with Crippen LogP contribution in [0.2, 0.25) is 0 Å². The van der Waals surface area contributed by atoms with Crippen molar-refractivity contribution < 1.29 is 4.74 Å². The minimum Gasteiger partial charge on any atom is -0.479 e. The van der Waals surface area contributed by atoms with Gasteiger partial charge < -0.3 is 4.74 Å². The van der Waals surface area contributed by atoms with Crippen molar-refractivity contribution in [3.8, 4) is 17.6 Å². The second kappa shape index (κ2) is 7.51. The topological polar surface area (TPSA) is 9.23 Å². The lowest BCUT2D eigenvalue weighted by Crippen LogP contribution is -2.22. The van der Waals surface area contributed by atoms with Gasteiger partial charge in [-0.3, -0.25) is 0 Å². The fraction of sp³-hybridized carbons (Fsp3) is 0.130. The van der Waals surface area contributed by atoms with E-state index in [0.717, 1.165) is 17.7 Å². The van der Waals surface area contributed by atoms with Gasteiger partial charge in [0.2, 0.25) is 0 Å². The molecule has 4 rings (SSSR count). The first kappa shape index (κ1) is 15.9. The molecule has 3 aromatic rings. The third kappa shape index (κ3) is 3.90. The predicted molar refractivity (Wildman–Crippen MR) is 104 cm³/mol. The lowest BCUT2D eigenvalue weighted by molar-refractivity contribution is 0.248. The fourth-order valence-corrected chi connectivity index (χ4v) is 3.99. The number of hydrogen-bond acceptors (Lipinski definition) is 2. The highest BCUT2D eigenvalue weighted by atomic mass is 32.2. The van der Waals surface area contributed by atoms with Crippen LogP contribution in [0.3, 0.4) is 0 Å². The quantitative estimate of drug-likeness (QED) is 0.551. The summed E-state index contributed by atoms with van der Waals surface area (Å²) >= 11 is 1.76. The van der Waals surface area contributed by atoms with Gasteiger partial charge in [-0.15, -0.1) is 0 Å². The Bertz CT molecular complexity index is 893. The zero-order valence-corrected chi connectivity index (χ0v) is 14.6. The molecule has 0 bridgehead atoms. The van der Waals surface area contributed by atoms with E-state index in [4.69, 9.17) is 4.74 Å². The van der Waals surface area contributed by atoms with Crippen LogP contribution in [0.5, 0.6) is 5.75 Å². The zero-order valence-electron chi connectivity index (χ0n) is 13.8. The molecule has 2 atom stereocenters. The summed E-state index contributed by atoms with van der Waals surface area (Å²) in [7, 11) is 0. The van der Waals surface area contributed by atoms with Crippen LogP contribution in [0.4, 0.5) is 0 Å². The minimum atomic E-state index is 0.0763. The SMILES string of the molecule is C(#C[C@@H]1C[C@H](Sc2ccccc2)Oc2ccccc21)c1ccccc1. The van der Waals surface area contributed by atoms with Gasteiger partial charge in [0.05, 0.1) is 5.92 Å². The van der Waals surface area contributed by atoms with Crippen molar-refractivity contribution in [2.45, 2.75) is 22.7 Å². The summed E-state index contributed by atoms with van der Waals surface area (Å²) in [5.41, 5.74) is 2.32. The summed E-state index contributed by atoms with van der Waals surface area (Å²) in [4.78, 5) is 1.22. The maximum atomic E-state index is 6.21. The second-order valence-electron chi connectivity index (χ2n) is 5.94. The van der Waals surface area contributed by atoms with Crippen molar-refractivity contribution in [1.82, 2.24) is 0 Å². The monoisotopic (exact) mass is 342 g/mol. The highest BCUT2D eigenvalue weighted by molar-refractivity contribution is 7.99. The Hall–Kier alpha value is -2.63. The van der Waals surface area contributed by atoms with Crippen LogP contribution in [0, 0.1) is 11.8 Å². The summed E-state index contributed by atoms with van der Waals surface area (Å²) < 4.78 is 6.21. The van der Waals surface area contributed by atoms with Crippen LogP contribution < -0.4 is 4.74 Å². The van der Waals surface area contributed by atoms with Gasteiger partial charge in [0.1, 0.15) is 11.2 Å². The zero-order chi connectivity index (χ0) is 16.9. The molecule has 0 amide bonds. The molecule has 1 aliphatic heterocycles. The summed E-state index contributed by atoms with van der Waals surface area (Å²) in [5, 5.41) is 0. The molecule has 0 saturated carbocycles. The molecule has 0 radical (unpaired) electrons. The molecule has 0 aromatic heterocycles. The Kier molecular flexibility index (Phi) is 4.77. The largest absolute Gasteiger partial charge is 0.479 e. The van der Waals surface area contributed by atoms with E-state index in [-0.39, 0.29) is 11.4 Å². The Morgan fingerprint density at radius 1 is 0.800 bits per heavy atom. The van der Waals surface area contributed by atoms with Crippen LogP contribution in [0.1, 0.15) is 23.5 Å². The number of benzene rings is 3. The van der Waals surface area contributed by atoms with Gasteiger partial charge in [0, 0.05) is 22.4 Å². The van der Waals surface area contributed by atoms with E-state index in [2.05, 4.69) is 60.4 Å². The third-order valence-corrected chi connectivity index (χ3v) is 5.25. The number of fused-ring (bicyclic) bond motifs is 1. The van der Waals surface area contributed by atoms with Crippen molar-refractivity contribution in [3.63, 3.8) is 0 Å². The van der Waals surface area contributed by atoms with E-state index in [1.54, 1.807) is 11.8 Å². The van der Waals surface area contributed by atoms with Gasteiger partial charge in [-0.25, -0.2) is 0 Å². The normalized spacial score (nSPS) is 18.4. The van der Waals surface area contributed by atoms with Crippen LogP contribution >= 0.6 is 11.8 Å². The molecule has 0 saturated heterocycles. The van der Waals surface area contributed by atoms with Gasteiger partial charge in [0.25, 0.3) is 0 Å². The highest BCUT2D eigenvalue weighted by Crippen LogP contribution is 2.41. The molecule has 0 N–H and O–H groups in total. The smallest absolute Gasteiger partial charge is 0.150 e. The predicted octanol–water partition coefficient (Wildman–Crippen LogP) is 5.72. The Balaban J connectivity index is 1.60. The van der Waals surface area contributed by atoms with Gasteiger partial charge in [-0.05, 0) is 30.3 Å². The van der Waals surface area contributed by atoms with Gasteiger partial charge >= 0.3 is 0 Å². The Morgan fingerprint density at radius 3 is 2.28 bits per heavy atom. The summed E-state index contributed by atoms with van der Waals surface area (Å²) in [6, 6.07) is 28.8. The van der Waals surface area contributed by atoms with Crippen LogP contribution in [-0.2, 0) is 0 Å². The van der Waals surface area contributed by atoms with Crippen LogP contribution in [-0.4, -0.2) is 5.44 Å². The standard InChI is InChI=1S/C23H18OS/c1-3-9-18(10-4-1)15-16-19-17-23(25-20-11-5-2-6-12-20)24-22-14-8-7-13-21(19)22/h1-14,19,23H,17H2/t19-,23+/m1/s1. The van der Waals surface area contributed by atoms with Gasteiger partial charge in [0.15, 0.2) is 0 Å². The Labute approximate surface area is 153 Å². The van der Waals surface area contributed by atoms with Crippen molar-refractivity contribution in [2.75, 3.05) is 0 Å². The van der Waals surface area contributed by atoms with E-state index >= 15 is 0 Å². The molecule has 1 heterocycles. The van der Waals surface area contributed by atoms with Crippen molar-refractivity contribution in [2.24, 2.45) is 0 Å². The third-order valence-electron chi connectivity index (χ3n) is 4.16. The maximum absolute atomic E-state index is 6.21. The van der Waals surface area contributed by atoms with E-state index in [0.29, 0.717) is 0 Å². The second-order valence-corrected chi connectivity index (χ2v) is 7.17. The van der Waals surface area contributed by atoms with E-state index in [1.807, 2.05) is 36.4 Å². The maximum Gasteiger partial charge on any atom is 0.150 e. The van der Waals surface area contributed by atoms with Gasteiger partial charge in [-0.2, -0.15) is 0 Å². The summed E-state index contributed by atoms with van der Waals surface area (Å²) in [6.45, 7) is 0. The van der Waals surface area contributed by atoms with Crippen molar-refractivity contribution >= 4 is 11.8 Å². The molecule has 0 fully saturated rings. The van der Waals surface area contributed by atoms with E-state index in [1.165, 1.54) is 10.5 Å². The molecule has 0 spiro atoms. The molecule has 1 nitrogen and oxygen atoms in total. The van der Waals surface area contributed by atoms with Crippen LogP contribution in [0.15, 0.2) is 89.8 Å². The molecular weight excluding hydrogens is 324 g/mol. The van der Waals surface area contributed by atoms with Gasteiger partial charge in [-0.1, -0.05) is 78.2 Å². The molecule has 122 valence electrons. The number of thioether (sulfide) groups is 1. The molecule has 1 aliphatic rings. The Morgan fingerprint density at radius 2 is 1.48 bits per heavy atom. The fourth-order valence-electron chi connectivity index (χ4n) is 2.94. The lowest BCUT2D eigenvalue weighted by Gasteiger charge is -2.29. The van der Waals surface area contributed by atoms with Crippen molar-refractivity contribution in [3.05, 3.63) is 96.1 Å². The lowest BCUT2D eigenvalue weighted by atomic mass is 9.93. The van der Waals surface area contributed by atoms with E-state index < -0.39 is 0 Å². The number of para-hydroxylation sites is 1. The molecule has 25 heavy (non-hydrogen) atoms. The molecule has 3 aromatic carbocycles. The first-order valence-electron chi connectivity index (χ1n) is 8.42. The average molecular weight is 342 g/mol. The number of rotatable bonds is 2. The molecule has 2 heteroatoms. The molecule has 0 unspecified atom stereocenters. The molecular formula is C23H18OS. The first-order valence-corrected chi connectivity index (χ1v) is 9.30. The number of hydrogen-bond donors (Lipinski definition) is 0. The van der Waals surface area contributed by atoms with E-state index in [9.17, 15) is 0 Å². The summed E-state index contributed by atoms with van der Waals surface area (Å²) in [6.07, 6.45) is 0.885. The van der Waals surface area contributed by atoms with Crippen molar-refractivity contribution in [1.29, 1.82) is 0 Å². The van der Waals surface area contributed by atoms with Crippen LogP contribution in [0.25, 0.3) is 0 Å². The molecule has 0 aliphatic carbocycles. The minimum absolute atomic E-state index is 0.0763. The average Bonchev–Trinajstić information content (AvgIpc) is 2.68. The summed E-state index contributed by atoms with van der Waals surface area (Å²) in [5.74, 6) is 7.93. The first-order chi connectivity index (χ1) is 12.4. The number of ether oxygens (including phenoxy) is 1. The highest BCUT2D eigenvalue weighted by Gasteiger charge is 2.27.